The second-order valence-electron chi connectivity index (χ2n) is 6.26. The number of halogens is 1. The number of anilines is 1. The van der Waals surface area contributed by atoms with Crippen molar-refractivity contribution in [1.29, 1.82) is 0 Å². The first kappa shape index (κ1) is 14.5. The number of fused-ring (bicyclic) bond motifs is 1. The third kappa shape index (κ3) is 3.04. The number of rotatable bonds is 3. The second kappa shape index (κ2) is 6.20. The van der Waals surface area contributed by atoms with Gasteiger partial charge in [0.1, 0.15) is 11.6 Å². The Morgan fingerprint density at radius 1 is 1.00 bits per heavy atom. The summed E-state index contributed by atoms with van der Waals surface area (Å²) in [5.74, 6) is 0.735. The summed E-state index contributed by atoms with van der Waals surface area (Å²) in [6.45, 7) is 5.44. The maximum atomic E-state index is 13.8. The van der Waals surface area contributed by atoms with Crippen molar-refractivity contribution in [3.05, 3.63) is 59.4 Å². The van der Waals surface area contributed by atoms with E-state index in [4.69, 9.17) is 4.74 Å². The largest absolute Gasteiger partial charge is 0.491 e. The quantitative estimate of drug-likeness (QED) is 0.866. The fraction of sp³-hybridized carbons (Fsp3) is 0.368. The average molecular weight is 312 g/mol. The molecule has 0 amide bonds. The van der Waals surface area contributed by atoms with Gasteiger partial charge in [0, 0.05) is 50.8 Å². The topological polar surface area (TPSA) is 15.7 Å². The van der Waals surface area contributed by atoms with Crippen molar-refractivity contribution in [3.8, 4) is 5.75 Å². The maximum absolute atomic E-state index is 13.8. The zero-order valence-corrected chi connectivity index (χ0v) is 13.2. The van der Waals surface area contributed by atoms with Gasteiger partial charge in [-0.05, 0) is 11.6 Å². The summed E-state index contributed by atoms with van der Waals surface area (Å²) >= 11 is 0. The van der Waals surface area contributed by atoms with E-state index >= 15 is 0 Å². The molecule has 23 heavy (non-hydrogen) atoms. The summed E-state index contributed by atoms with van der Waals surface area (Å²) in [6, 6.07) is 13.8. The molecule has 2 aliphatic heterocycles. The van der Waals surface area contributed by atoms with Crippen LogP contribution >= 0.6 is 0 Å². The van der Waals surface area contributed by atoms with E-state index in [1.165, 1.54) is 5.56 Å². The third-order valence-corrected chi connectivity index (χ3v) is 4.69. The third-order valence-electron chi connectivity index (χ3n) is 4.69. The van der Waals surface area contributed by atoms with E-state index in [0.717, 1.165) is 56.1 Å². The van der Waals surface area contributed by atoms with E-state index in [0.29, 0.717) is 6.61 Å². The van der Waals surface area contributed by atoms with E-state index in [2.05, 4.69) is 34.1 Å². The predicted octanol–water partition coefficient (Wildman–Crippen LogP) is 3.08. The van der Waals surface area contributed by atoms with E-state index in [1.807, 2.05) is 6.07 Å². The molecule has 2 aromatic carbocycles. The highest BCUT2D eigenvalue weighted by atomic mass is 19.1. The Morgan fingerprint density at radius 3 is 2.57 bits per heavy atom. The van der Waals surface area contributed by atoms with Crippen molar-refractivity contribution >= 4 is 5.69 Å². The molecule has 4 heteroatoms. The molecule has 0 radical (unpaired) electrons. The lowest BCUT2D eigenvalue weighted by Gasteiger charge is -2.36. The Kier molecular flexibility index (Phi) is 3.92. The molecule has 0 aliphatic carbocycles. The Balaban J connectivity index is 1.44. The van der Waals surface area contributed by atoms with Gasteiger partial charge in [-0.1, -0.05) is 30.3 Å². The van der Waals surface area contributed by atoms with Gasteiger partial charge in [0.2, 0.25) is 0 Å². The Bertz CT molecular complexity index is 681. The Labute approximate surface area is 136 Å². The Morgan fingerprint density at radius 2 is 1.78 bits per heavy atom. The van der Waals surface area contributed by atoms with Crippen LogP contribution in [0.1, 0.15) is 11.1 Å². The summed E-state index contributed by atoms with van der Waals surface area (Å²) in [6.07, 6.45) is 0.814. The monoisotopic (exact) mass is 312 g/mol. The molecule has 0 N–H and O–H groups in total. The summed E-state index contributed by atoms with van der Waals surface area (Å²) in [7, 11) is 0. The van der Waals surface area contributed by atoms with Crippen molar-refractivity contribution < 1.29 is 9.13 Å². The van der Waals surface area contributed by atoms with Crippen LogP contribution < -0.4 is 9.64 Å². The lowest BCUT2D eigenvalue weighted by Crippen LogP contribution is -2.46. The predicted molar refractivity (Wildman–Crippen MR) is 89.5 cm³/mol. The molecule has 0 bridgehead atoms. The first-order chi connectivity index (χ1) is 11.3. The molecule has 1 fully saturated rings. The van der Waals surface area contributed by atoms with Crippen LogP contribution in [0.3, 0.4) is 0 Å². The summed E-state index contributed by atoms with van der Waals surface area (Å²) in [4.78, 5) is 4.71. The molecule has 0 saturated carbocycles. The molecule has 0 spiro atoms. The smallest absolute Gasteiger partial charge is 0.146 e. The number of benzene rings is 2. The maximum Gasteiger partial charge on any atom is 0.146 e. The molecule has 0 aromatic heterocycles. The summed E-state index contributed by atoms with van der Waals surface area (Å²) in [5, 5.41) is 0. The fourth-order valence-corrected chi connectivity index (χ4v) is 3.47. The minimum atomic E-state index is -0.157. The van der Waals surface area contributed by atoms with Gasteiger partial charge in [0.15, 0.2) is 0 Å². The molecular formula is C19H21FN2O. The van der Waals surface area contributed by atoms with Gasteiger partial charge in [0.05, 0.1) is 12.3 Å². The molecular weight excluding hydrogens is 291 g/mol. The number of piperazine rings is 1. The lowest BCUT2D eigenvalue weighted by atomic mass is 10.1. The van der Waals surface area contributed by atoms with Gasteiger partial charge in [-0.15, -0.1) is 0 Å². The molecule has 1 saturated heterocycles. The highest BCUT2D eigenvalue weighted by molar-refractivity contribution is 5.63. The van der Waals surface area contributed by atoms with Gasteiger partial charge < -0.3 is 9.64 Å². The van der Waals surface area contributed by atoms with Gasteiger partial charge in [-0.25, -0.2) is 4.39 Å². The first-order valence-electron chi connectivity index (χ1n) is 8.26. The Hall–Kier alpha value is -2.07. The van der Waals surface area contributed by atoms with E-state index < -0.39 is 0 Å². The van der Waals surface area contributed by atoms with Crippen molar-refractivity contribution in [2.75, 3.05) is 37.7 Å². The molecule has 2 aromatic rings. The number of nitrogens with zero attached hydrogens (tertiary/aromatic N) is 2. The van der Waals surface area contributed by atoms with Crippen molar-refractivity contribution in [1.82, 2.24) is 4.90 Å². The van der Waals surface area contributed by atoms with E-state index in [9.17, 15) is 4.39 Å². The SMILES string of the molecule is Fc1cc2c(c(N3CCN(Cc4ccccc4)CC3)c1)OCC2. The number of hydrogen-bond donors (Lipinski definition) is 0. The van der Waals surface area contributed by atoms with Gasteiger partial charge in [-0.3, -0.25) is 4.90 Å². The number of hydrogen-bond acceptors (Lipinski definition) is 3. The van der Waals surface area contributed by atoms with Crippen molar-refractivity contribution in [3.63, 3.8) is 0 Å². The van der Waals surface area contributed by atoms with E-state index in [1.54, 1.807) is 12.1 Å². The highest BCUT2D eigenvalue weighted by Crippen LogP contribution is 2.37. The molecule has 0 unspecified atom stereocenters. The van der Waals surface area contributed by atoms with Crippen LogP contribution in [-0.4, -0.2) is 37.7 Å². The van der Waals surface area contributed by atoms with Crippen LogP contribution in [0.4, 0.5) is 10.1 Å². The molecule has 4 rings (SSSR count). The van der Waals surface area contributed by atoms with Crippen molar-refractivity contribution in [2.45, 2.75) is 13.0 Å². The lowest BCUT2D eigenvalue weighted by molar-refractivity contribution is 0.249. The van der Waals surface area contributed by atoms with Crippen LogP contribution in [0, 0.1) is 5.82 Å². The number of ether oxygens (including phenoxy) is 1. The average Bonchev–Trinajstić information content (AvgIpc) is 3.04. The molecule has 2 aliphatic rings. The van der Waals surface area contributed by atoms with Gasteiger partial charge in [-0.2, -0.15) is 0 Å². The molecule has 0 atom stereocenters. The van der Waals surface area contributed by atoms with Gasteiger partial charge >= 0.3 is 0 Å². The summed E-state index contributed by atoms with van der Waals surface area (Å²) in [5.41, 5.74) is 3.28. The standard InChI is InChI=1S/C19H21FN2O/c20-17-12-16-6-11-23-19(16)18(13-17)22-9-7-21(8-10-22)14-15-4-2-1-3-5-15/h1-5,12-13H,6-11,14H2. The molecule has 120 valence electrons. The zero-order valence-electron chi connectivity index (χ0n) is 13.2. The highest BCUT2D eigenvalue weighted by Gasteiger charge is 2.24. The minimum absolute atomic E-state index is 0.157. The zero-order chi connectivity index (χ0) is 15.6. The van der Waals surface area contributed by atoms with Gasteiger partial charge in [0.25, 0.3) is 0 Å². The second-order valence-corrected chi connectivity index (χ2v) is 6.26. The fourth-order valence-electron chi connectivity index (χ4n) is 3.47. The van der Waals surface area contributed by atoms with Crippen molar-refractivity contribution in [2.24, 2.45) is 0 Å². The normalized spacial score (nSPS) is 17.9. The first-order valence-corrected chi connectivity index (χ1v) is 8.26. The van der Waals surface area contributed by atoms with Crippen LogP contribution in [0.2, 0.25) is 0 Å². The van der Waals surface area contributed by atoms with E-state index in [-0.39, 0.29) is 5.82 Å². The van der Waals surface area contributed by atoms with Crippen LogP contribution in [0.25, 0.3) is 0 Å². The van der Waals surface area contributed by atoms with Crippen LogP contribution in [0.15, 0.2) is 42.5 Å². The molecule has 2 heterocycles. The van der Waals surface area contributed by atoms with Crippen LogP contribution in [0.5, 0.6) is 5.75 Å². The molecule has 3 nitrogen and oxygen atoms in total. The van der Waals surface area contributed by atoms with Crippen LogP contribution in [-0.2, 0) is 13.0 Å². The summed E-state index contributed by atoms with van der Waals surface area (Å²) < 4.78 is 19.6. The minimum Gasteiger partial charge on any atom is -0.491 e.